The number of nitrogens with one attached hydrogen (secondary N) is 1. The molecule has 0 fully saturated rings. The number of hydrogen-bond donors (Lipinski definition) is 1. The minimum atomic E-state index is -0.444. The fraction of sp³-hybridized carbons (Fsp3) is 0.185. The van der Waals surface area contributed by atoms with Gasteiger partial charge in [-0.2, -0.15) is 0 Å². The molecule has 0 bridgehead atoms. The number of para-hydroxylation sites is 2. The third-order valence-electron chi connectivity index (χ3n) is 6.01. The van der Waals surface area contributed by atoms with E-state index in [1.165, 1.54) is 9.96 Å². The summed E-state index contributed by atoms with van der Waals surface area (Å²) in [5.74, 6) is 0.424. The number of ether oxygens (including phenoxy) is 1. The smallest absolute Gasteiger partial charge is 0.351 e. The molecule has 8 heteroatoms. The maximum absolute atomic E-state index is 13.3. The van der Waals surface area contributed by atoms with Gasteiger partial charge in [-0.1, -0.05) is 37.3 Å². The zero-order chi connectivity index (χ0) is 24.5. The van der Waals surface area contributed by atoms with Gasteiger partial charge in [-0.05, 0) is 73.4 Å². The monoisotopic (exact) mass is 467 g/mol. The lowest BCUT2D eigenvalue weighted by Crippen LogP contribution is -2.28. The second-order valence-corrected chi connectivity index (χ2v) is 8.45. The molecule has 0 saturated heterocycles. The van der Waals surface area contributed by atoms with E-state index in [-0.39, 0.29) is 24.0 Å². The lowest BCUT2D eigenvalue weighted by Gasteiger charge is -2.08. The number of rotatable bonds is 6. The number of hydrogen-bond acceptors (Lipinski definition) is 5. The van der Waals surface area contributed by atoms with Crippen molar-refractivity contribution in [2.75, 3.05) is 5.32 Å². The normalized spacial score (nSPS) is 11.2. The molecule has 8 nitrogen and oxygen atoms in total. The number of benzene rings is 3. The Hall–Kier alpha value is -4.46. The standard InChI is InChI=1S/C27H25N5O3/c1-4-19-10-13-21(14-11-19)35-26-25-30-31(16-24(33)28-20-12-9-17(2)18(3)15-20)27(34)32(25)23-8-6-5-7-22(23)29-26/h5-15H,4,16H2,1-3H3,(H,28,33). The van der Waals surface area contributed by atoms with Crippen LogP contribution in [-0.4, -0.2) is 25.1 Å². The van der Waals surface area contributed by atoms with Crippen LogP contribution < -0.4 is 15.7 Å². The maximum atomic E-state index is 13.3. The van der Waals surface area contributed by atoms with Gasteiger partial charge in [-0.3, -0.25) is 4.79 Å². The van der Waals surface area contributed by atoms with Crippen molar-refractivity contribution >= 4 is 28.3 Å². The van der Waals surface area contributed by atoms with Gasteiger partial charge in [0, 0.05) is 5.69 Å². The average molecular weight is 468 g/mol. The Morgan fingerprint density at radius 3 is 2.51 bits per heavy atom. The van der Waals surface area contributed by atoms with E-state index in [9.17, 15) is 9.59 Å². The van der Waals surface area contributed by atoms with Crippen molar-refractivity contribution in [2.24, 2.45) is 0 Å². The molecule has 0 radical (unpaired) electrons. The molecule has 0 saturated carbocycles. The molecule has 0 spiro atoms. The number of nitrogens with zero attached hydrogens (tertiary/aromatic N) is 4. The number of aromatic nitrogens is 4. The largest absolute Gasteiger partial charge is 0.436 e. The van der Waals surface area contributed by atoms with Crippen LogP contribution in [0, 0.1) is 13.8 Å². The SMILES string of the molecule is CCc1ccc(Oc2nc3ccccc3n3c(=O)n(CC(=O)Nc4ccc(C)c(C)c4)nc23)cc1. The highest BCUT2D eigenvalue weighted by atomic mass is 16.5. The minimum absolute atomic E-state index is 0.193. The van der Waals surface area contributed by atoms with Gasteiger partial charge in [0.25, 0.3) is 5.88 Å². The van der Waals surface area contributed by atoms with E-state index in [1.807, 2.05) is 68.4 Å². The maximum Gasteiger partial charge on any atom is 0.351 e. The molecular weight excluding hydrogens is 442 g/mol. The van der Waals surface area contributed by atoms with E-state index in [0.717, 1.165) is 22.2 Å². The van der Waals surface area contributed by atoms with Gasteiger partial charge in [-0.25, -0.2) is 18.9 Å². The zero-order valence-corrected chi connectivity index (χ0v) is 19.8. The first-order valence-electron chi connectivity index (χ1n) is 11.4. The first kappa shape index (κ1) is 22.3. The second-order valence-electron chi connectivity index (χ2n) is 8.45. The molecule has 2 heterocycles. The van der Waals surface area contributed by atoms with Gasteiger partial charge in [0.05, 0.1) is 11.0 Å². The van der Waals surface area contributed by atoms with E-state index in [1.54, 1.807) is 12.1 Å². The zero-order valence-electron chi connectivity index (χ0n) is 19.8. The van der Waals surface area contributed by atoms with Crippen molar-refractivity contribution < 1.29 is 9.53 Å². The molecule has 0 aliphatic heterocycles. The number of amides is 1. The molecule has 1 amide bonds. The number of aryl methyl sites for hydroxylation is 3. The van der Waals surface area contributed by atoms with Crippen molar-refractivity contribution in [3.8, 4) is 11.6 Å². The summed E-state index contributed by atoms with van der Waals surface area (Å²) < 4.78 is 8.61. The number of carbonyl (C=O) groups is 1. The summed E-state index contributed by atoms with van der Waals surface area (Å²) in [4.78, 5) is 30.7. The van der Waals surface area contributed by atoms with Crippen LogP contribution >= 0.6 is 0 Å². The quantitative estimate of drug-likeness (QED) is 0.392. The van der Waals surface area contributed by atoms with Crippen molar-refractivity contribution in [2.45, 2.75) is 33.7 Å². The van der Waals surface area contributed by atoms with Crippen molar-refractivity contribution in [3.05, 3.63) is 93.9 Å². The van der Waals surface area contributed by atoms with Crippen LogP contribution in [0.3, 0.4) is 0 Å². The predicted octanol–water partition coefficient (Wildman–Crippen LogP) is 4.65. The molecule has 3 aromatic carbocycles. The third kappa shape index (κ3) is 4.38. The van der Waals surface area contributed by atoms with Gasteiger partial charge >= 0.3 is 5.69 Å². The molecule has 5 aromatic rings. The van der Waals surface area contributed by atoms with Crippen LogP contribution in [-0.2, 0) is 17.8 Å². The Bertz CT molecular complexity index is 1620. The average Bonchev–Trinajstić information content (AvgIpc) is 3.18. The highest BCUT2D eigenvalue weighted by molar-refractivity contribution is 5.90. The molecule has 1 N–H and O–H groups in total. The van der Waals surface area contributed by atoms with E-state index in [2.05, 4.69) is 22.3 Å². The summed E-state index contributed by atoms with van der Waals surface area (Å²) in [7, 11) is 0. The van der Waals surface area contributed by atoms with E-state index in [0.29, 0.717) is 22.5 Å². The van der Waals surface area contributed by atoms with Crippen molar-refractivity contribution in [1.82, 2.24) is 19.2 Å². The first-order chi connectivity index (χ1) is 16.9. The Morgan fingerprint density at radius 2 is 1.77 bits per heavy atom. The molecule has 0 unspecified atom stereocenters. The summed E-state index contributed by atoms with van der Waals surface area (Å²) in [6.07, 6.45) is 0.919. The molecule has 0 atom stereocenters. The molecular formula is C27H25N5O3. The van der Waals surface area contributed by atoms with Gasteiger partial charge in [0.15, 0.2) is 0 Å². The van der Waals surface area contributed by atoms with Crippen LogP contribution in [0.5, 0.6) is 11.6 Å². The van der Waals surface area contributed by atoms with Gasteiger partial charge in [0.2, 0.25) is 11.6 Å². The minimum Gasteiger partial charge on any atom is -0.436 e. The lowest BCUT2D eigenvalue weighted by atomic mass is 10.1. The van der Waals surface area contributed by atoms with Gasteiger partial charge in [0.1, 0.15) is 12.3 Å². The molecule has 35 heavy (non-hydrogen) atoms. The predicted molar refractivity (Wildman–Crippen MR) is 135 cm³/mol. The third-order valence-corrected chi connectivity index (χ3v) is 6.01. The Kier molecular flexibility index (Phi) is 5.78. The Morgan fingerprint density at radius 1 is 1.00 bits per heavy atom. The fourth-order valence-corrected chi connectivity index (χ4v) is 3.90. The second kappa shape index (κ2) is 9.06. The number of fused-ring (bicyclic) bond motifs is 3. The summed E-state index contributed by atoms with van der Waals surface area (Å²) in [5, 5.41) is 7.26. The summed E-state index contributed by atoms with van der Waals surface area (Å²) in [6.45, 7) is 5.83. The van der Waals surface area contributed by atoms with Crippen molar-refractivity contribution in [3.63, 3.8) is 0 Å². The van der Waals surface area contributed by atoms with Crippen LogP contribution in [0.4, 0.5) is 5.69 Å². The lowest BCUT2D eigenvalue weighted by molar-refractivity contribution is -0.117. The molecule has 0 aliphatic carbocycles. The first-order valence-corrected chi connectivity index (χ1v) is 11.4. The highest BCUT2D eigenvalue weighted by Crippen LogP contribution is 2.26. The van der Waals surface area contributed by atoms with Gasteiger partial charge < -0.3 is 10.1 Å². The van der Waals surface area contributed by atoms with Crippen LogP contribution in [0.15, 0.2) is 71.5 Å². The van der Waals surface area contributed by atoms with Crippen LogP contribution in [0.2, 0.25) is 0 Å². The Balaban J connectivity index is 1.53. The molecule has 176 valence electrons. The topological polar surface area (TPSA) is 90.5 Å². The summed E-state index contributed by atoms with van der Waals surface area (Å²) in [5.41, 5.74) is 5.02. The molecule has 2 aromatic heterocycles. The van der Waals surface area contributed by atoms with E-state index < -0.39 is 5.69 Å². The Labute approximate surface area is 201 Å². The van der Waals surface area contributed by atoms with Crippen LogP contribution in [0.25, 0.3) is 16.7 Å². The number of anilines is 1. The van der Waals surface area contributed by atoms with E-state index >= 15 is 0 Å². The molecule has 5 rings (SSSR count). The highest BCUT2D eigenvalue weighted by Gasteiger charge is 2.19. The van der Waals surface area contributed by atoms with Gasteiger partial charge in [-0.15, -0.1) is 5.10 Å². The number of carbonyl (C=O) groups excluding carboxylic acids is 1. The fourth-order valence-electron chi connectivity index (χ4n) is 3.90. The van der Waals surface area contributed by atoms with E-state index in [4.69, 9.17) is 4.74 Å². The van der Waals surface area contributed by atoms with Crippen molar-refractivity contribution in [1.29, 1.82) is 0 Å². The van der Waals surface area contributed by atoms with Crippen LogP contribution in [0.1, 0.15) is 23.6 Å². The summed E-state index contributed by atoms with van der Waals surface area (Å²) in [6, 6.07) is 20.6. The summed E-state index contributed by atoms with van der Waals surface area (Å²) >= 11 is 0. The molecule has 0 aliphatic rings.